The maximum atomic E-state index is 11.4. The molecule has 0 heterocycles. The summed E-state index contributed by atoms with van der Waals surface area (Å²) in [5, 5.41) is 8.50. The van der Waals surface area contributed by atoms with Crippen molar-refractivity contribution in [2.75, 3.05) is 26.8 Å². The fourth-order valence-electron chi connectivity index (χ4n) is 1.03. The third-order valence-electron chi connectivity index (χ3n) is 2.16. The number of carboxylic acid groups (broad SMARTS) is 1. The van der Waals surface area contributed by atoms with Gasteiger partial charge in [0.05, 0.1) is 19.1 Å². The Labute approximate surface area is 112 Å². The fourth-order valence-corrected chi connectivity index (χ4v) is 1.03. The Morgan fingerprint density at radius 2 is 1.63 bits per heavy atom. The van der Waals surface area contributed by atoms with Gasteiger partial charge in [-0.25, -0.2) is 4.79 Å². The van der Waals surface area contributed by atoms with Crippen molar-refractivity contribution in [1.29, 1.82) is 0 Å². The van der Waals surface area contributed by atoms with E-state index in [1.54, 1.807) is 20.8 Å². The summed E-state index contributed by atoms with van der Waals surface area (Å²) in [6.45, 7) is 5.02. The molecule has 1 atom stereocenters. The first-order valence-corrected chi connectivity index (χ1v) is 6.00. The van der Waals surface area contributed by atoms with E-state index in [1.165, 1.54) is 7.05 Å². The summed E-state index contributed by atoms with van der Waals surface area (Å²) in [6.07, 6.45) is -0.718. The van der Waals surface area contributed by atoms with Crippen LogP contribution >= 0.6 is 0 Å². The number of ether oxygens (including phenoxy) is 2. The van der Waals surface area contributed by atoms with Crippen molar-refractivity contribution in [3.63, 3.8) is 0 Å². The lowest BCUT2D eigenvalue weighted by Gasteiger charge is -2.17. The van der Waals surface area contributed by atoms with Gasteiger partial charge >= 0.3 is 18.0 Å². The molecule has 0 aliphatic rings. The third-order valence-corrected chi connectivity index (χ3v) is 2.16. The average molecular weight is 275 g/mol. The molecule has 0 saturated carbocycles. The van der Waals surface area contributed by atoms with Crippen molar-refractivity contribution in [2.24, 2.45) is 11.8 Å². The Morgan fingerprint density at radius 3 is 2.11 bits per heavy atom. The fraction of sp³-hybridized carbons (Fsp3) is 0.750. The van der Waals surface area contributed by atoms with E-state index in [9.17, 15) is 14.4 Å². The van der Waals surface area contributed by atoms with Gasteiger partial charge in [-0.1, -0.05) is 20.8 Å². The van der Waals surface area contributed by atoms with Gasteiger partial charge in [-0.05, 0) is 0 Å². The highest BCUT2D eigenvalue weighted by Crippen LogP contribution is 2.03. The molecule has 7 nitrogen and oxygen atoms in total. The van der Waals surface area contributed by atoms with Gasteiger partial charge < -0.3 is 19.5 Å². The number of carbonyl (C=O) groups excluding carboxylic acids is 2. The van der Waals surface area contributed by atoms with E-state index in [0.717, 1.165) is 4.90 Å². The standard InChI is InChI=1S/C12H21NO6/c1-8(2)11(16)18-6-9(3)7-19-12(17)13(4)5-10(14)15/h8-9H,5-7H2,1-4H3,(H,14,15). The number of rotatable bonds is 7. The monoisotopic (exact) mass is 275 g/mol. The van der Waals surface area contributed by atoms with Crippen molar-refractivity contribution >= 4 is 18.0 Å². The molecule has 0 aromatic heterocycles. The van der Waals surface area contributed by atoms with Crippen LogP contribution < -0.4 is 0 Å². The number of hydrogen-bond donors (Lipinski definition) is 1. The van der Waals surface area contributed by atoms with Gasteiger partial charge in [0.25, 0.3) is 0 Å². The zero-order valence-corrected chi connectivity index (χ0v) is 11.7. The summed E-state index contributed by atoms with van der Waals surface area (Å²) in [6, 6.07) is 0. The van der Waals surface area contributed by atoms with Crippen LogP contribution in [0.15, 0.2) is 0 Å². The number of aliphatic carboxylic acids is 1. The van der Waals surface area contributed by atoms with Gasteiger partial charge in [-0.3, -0.25) is 9.59 Å². The Hall–Kier alpha value is -1.79. The molecule has 0 rings (SSSR count). The van der Waals surface area contributed by atoms with Crippen LogP contribution in [0.25, 0.3) is 0 Å². The summed E-state index contributed by atoms with van der Waals surface area (Å²) in [5.74, 6) is -1.76. The second-order valence-electron chi connectivity index (χ2n) is 4.72. The maximum Gasteiger partial charge on any atom is 0.410 e. The molecule has 0 aliphatic carbocycles. The van der Waals surface area contributed by atoms with Gasteiger partial charge in [-0.15, -0.1) is 0 Å². The first kappa shape index (κ1) is 17.2. The molecule has 0 aromatic carbocycles. The van der Waals surface area contributed by atoms with Crippen LogP contribution in [-0.2, 0) is 19.1 Å². The summed E-state index contributed by atoms with van der Waals surface area (Å²) in [4.78, 5) is 33.9. The molecule has 1 amide bonds. The minimum absolute atomic E-state index is 0.0637. The van der Waals surface area contributed by atoms with E-state index in [2.05, 4.69) is 0 Å². The Balaban J connectivity index is 3.89. The second kappa shape index (κ2) is 8.34. The maximum absolute atomic E-state index is 11.4. The van der Waals surface area contributed by atoms with Crippen molar-refractivity contribution in [3.05, 3.63) is 0 Å². The molecule has 7 heteroatoms. The van der Waals surface area contributed by atoms with Crippen molar-refractivity contribution in [1.82, 2.24) is 4.90 Å². The summed E-state index contributed by atoms with van der Waals surface area (Å²) in [5.41, 5.74) is 0. The first-order valence-electron chi connectivity index (χ1n) is 6.00. The van der Waals surface area contributed by atoms with E-state index in [0.29, 0.717) is 0 Å². The molecule has 1 N–H and O–H groups in total. The molecule has 0 aromatic rings. The molecule has 0 bridgehead atoms. The van der Waals surface area contributed by atoms with Crippen molar-refractivity contribution < 1.29 is 29.0 Å². The smallest absolute Gasteiger partial charge is 0.410 e. The topological polar surface area (TPSA) is 93.1 Å². The number of amides is 1. The molecule has 0 fully saturated rings. The van der Waals surface area contributed by atoms with Crippen LogP contribution in [0.5, 0.6) is 0 Å². The Bertz CT molecular complexity index is 328. The number of carboxylic acids is 1. The molecular weight excluding hydrogens is 254 g/mol. The van der Waals surface area contributed by atoms with E-state index >= 15 is 0 Å². The van der Waals surface area contributed by atoms with E-state index in [4.69, 9.17) is 14.6 Å². The zero-order chi connectivity index (χ0) is 15.0. The lowest BCUT2D eigenvalue weighted by molar-refractivity contribution is -0.149. The molecule has 0 spiro atoms. The van der Waals surface area contributed by atoms with E-state index < -0.39 is 18.6 Å². The Kier molecular flexibility index (Phi) is 7.55. The SMILES string of the molecule is CC(COC(=O)C(C)C)COC(=O)N(C)CC(=O)O. The minimum Gasteiger partial charge on any atom is -0.480 e. The normalized spacial score (nSPS) is 11.8. The van der Waals surface area contributed by atoms with E-state index in [1.807, 2.05) is 0 Å². The molecule has 1 unspecified atom stereocenters. The molecule has 0 saturated heterocycles. The van der Waals surface area contributed by atoms with Gasteiger partial charge in [0, 0.05) is 13.0 Å². The van der Waals surface area contributed by atoms with Gasteiger partial charge in [-0.2, -0.15) is 0 Å². The lowest BCUT2D eigenvalue weighted by Crippen LogP contribution is -2.33. The predicted octanol–water partition coefficient (Wildman–Crippen LogP) is 0.975. The largest absolute Gasteiger partial charge is 0.480 e. The summed E-state index contributed by atoms with van der Waals surface area (Å²) in [7, 11) is 1.33. The minimum atomic E-state index is -1.11. The van der Waals surface area contributed by atoms with Gasteiger partial charge in [0.15, 0.2) is 0 Å². The number of esters is 1. The van der Waals surface area contributed by atoms with Gasteiger partial charge in [0.1, 0.15) is 6.54 Å². The van der Waals surface area contributed by atoms with Crippen LogP contribution in [0.4, 0.5) is 4.79 Å². The van der Waals surface area contributed by atoms with Crippen LogP contribution in [0, 0.1) is 11.8 Å². The molecular formula is C12H21NO6. The van der Waals surface area contributed by atoms with Crippen molar-refractivity contribution in [3.8, 4) is 0 Å². The number of hydrogen-bond acceptors (Lipinski definition) is 5. The lowest BCUT2D eigenvalue weighted by atomic mass is 10.2. The third kappa shape index (κ3) is 8.01. The Morgan fingerprint density at radius 1 is 1.11 bits per heavy atom. The molecule has 110 valence electrons. The highest BCUT2D eigenvalue weighted by atomic mass is 16.6. The first-order chi connectivity index (χ1) is 8.73. The van der Waals surface area contributed by atoms with Crippen LogP contribution in [-0.4, -0.2) is 54.8 Å². The molecule has 19 heavy (non-hydrogen) atoms. The quantitative estimate of drug-likeness (QED) is 0.696. The van der Waals surface area contributed by atoms with Crippen LogP contribution in [0.3, 0.4) is 0 Å². The molecule has 0 radical (unpaired) electrons. The number of carbonyl (C=O) groups is 3. The second-order valence-corrected chi connectivity index (χ2v) is 4.72. The van der Waals surface area contributed by atoms with E-state index in [-0.39, 0.29) is 31.0 Å². The molecule has 0 aliphatic heterocycles. The average Bonchev–Trinajstić information content (AvgIpc) is 2.31. The predicted molar refractivity (Wildman–Crippen MR) is 66.6 cm³/mol. The summed E-state index contributed by atoms with van der Waals surface area (Å²) >= 11 is 0. The van der Waals surface area contributed by atoms with Crippen LogP contribution in [0.2, 0.25) is 0 Å². The van der Waals surface area contributed by atoms with Crippen molar-refractivity contribution in [2.45, 2.75) is 20.8 Å². The summed E-state index contributed by atoms with van der Waals surface area (Å²) < 4.78 is 9.88. The number of likely N-dealkylation sites (N-methyl/N-ethyl adjacent to an activating group) is 1. The van der Waals surface area contributed by atoms with Gasteiger partial charge in [0.2, 0.25) is 0 Å². The highest BCUT2D eigenvalue weighted by Gasteiger charge is 2.16. The van der Waals surface area contributed by atoms with Crippen LogP contribution in [0.1, 0.15) is 20.8 Å². The zero-order valence-electron chi connectivity index (χ0n) is 11.7. The number of nitrogens with zero attached hydrogens (tertiary/aromatic N) is 1. The highest BCUT2D eigenvalue weighted by molar-refractivity contribution is 5.76.